The molecule has 0 unspecified atom stereocenters. The number of hydrogen-bond acceptors (Lipinski definition) is 3. The zero-order valence-corrected chi connectivity index (χ0v) is 10.5. The Hall–Kier alpha value is -1.09. The van der Waals surface area contributed by atoms with Crippen LogP contribution in [0.15, 0.2) is 18.2 Å². The number of pyridine rings is 1. The van der Waals surface area contributed by atoms with Crippen LogP contribution in [-0.4, -0.2) is 17.6 Å². The van der Waals surface area contributed by atoms with Gasteiger partial charge in [0.25, 0.3) is 0 Å². The molecule has 0 aliphatic rings. The van der Waals surface area contributed by atoms with Crippen LogP contribution in [0, 0.1) is 0 Å². The molecule has 1 rings (SSSR count). The first-order valence-corrected chi connectivity index (χ1v) is 6.04. The molecule has 0 aliphatic heterocycles. The van der Waals surface area contributed by atoms with Gasteiger partial charge in [-0.3, -0.25) is 0 Å². The van der Waals surface area contributed by atoms with E-state index in [4.69, 9.17) is 4.74 Å². The fourth-order valence-corrected chi connectivity index (χ4v) is 1.27. The largest absolute Gasteiger partial charge is 0.478 e. The van der Waals surface area contributed by atoms with Crippen LogP contribution < -0.4 is 10.1 Å². The Morgan fingerprint density at radius 2 is 2.19 bits per heavy atom. The SMILES string of the molecule is CCCCOc1cccc(CNC(C)C)n1. The molecule has 0 saturated heterocycles. The number of hydrogen-bond donors (Lipinski definition) is 1. The van der Waals surface area contributed by atoms with Crippen LogP contribution in [0.5, 0.6) is 5.88 Å². The molecule has 0 aliphatic carbocycles. The predicted molar refractivity (Wildman–Crippen MR) is 66.6 cm³/mol. The summed E-state index contributed by atoms with van der Waals surface area (Å²) in [4.78, 5) is 4.43. The number of nitrogens with zero attached hydrogens (tertiary/aromatic N) is 1. The van der Waals surface area contributed by atoms with E-state index in [1.807, 2.05) is 18.2 Å². The summed E-state index contributed by atoms with van der Waals surface area (Å²) in [5.41, 5.74) is 1.03. The van der Waals surface area contributed by atoms with Crippen LogP contribution >= 0.6 is 0 Å². The summed E-state index contributed by atoms with van der Waals surface area (Å²) in [6.07, 6.45) is 2.23. The van der Waals surface area contributed by atoms with Crippen LogP contribution in [0.4, 0.5) is 0 Å². The Morgan fingerprint density at radius 3 is 2.88 bits per heavy atom. The van der Waals surface area contributed by atoms with Gasteiger partial charge in [0.2, 0.25) is 5.88 Å². The molecular weight excluding hydrogens is 200 g/mol. The van der Waals surface area contributed by atoms with E-state index in [-0.39, 0.29) is 0 Å². The number of rotatable bonds is 7. The minimum atomic E-state index is 0.478. The van der Waals surface area contributed by atoms with E-state index < -0.39 is 0 Å². The van der Waals surface area contributed by atoms with Crippen LogP contribution in [0.2, 0.25) is 0 Å². The minimum absolute atomic E-state index is 0.478. The van der Waals surface area contributed by atoms with Crippen molar-refractivity contribution in [1.82, 2.24) is 10.3 Å². The number of aromatic nitrogens is 1. The van der Waals surface area contributed by atoms with Gasteiger partial charge in [0.1, 0.15) is 0 Å². The molecule has 90 valence electrons. The highest BCUT2D eigenvalue weighted by Crippen LogP contribution is 2.08. The third-order valence-corrected chi connectivity index (χ3v) is 2.22. The molecule has 1 aromatic heterocycles. The molecule has 0 spiro atoms. The molecule has 1 aromatic rings. The monoisotopic (exact) mass is 222 g/mol. The first-order valence-electron chi connectivity index (χ1n) is 6.04. The van der Waals surface area contributed by atoms with Crippen molar-refractivity contribution >= 4 is 0 Å². The van der Waals surface area contributed by atoms with Gasteiger partial charge >= 0.3 is 0 Å². The van der Waals surface area contributed by atoms with E-state index in [0.717, 1.165) is 37.6 Å². The standard InChI is InChI=1S/C13H22N2O/c1-4-5-9-16-13-8-6-7-12(15-13)10-14-11(2)3/h6-8,11,14H,4-5,9-10H2,1-3H3. The van der Waals surface area contributed by atoms with Gasteiger partial charge in [-0.25, -0.2) is 4.98 Å². The summed E-state index contributed by atoms with van der Waals surface area (Å²) in [6.45, 7) is 7.95. The summed E-state index contributed by atoms with van der Waals surface area (Å²) >= 11 is 0. The highest BCUT2D eigenvalue weighted by atomic mass is 16.5. The lowest BCUT2D eigenvalue weighted by molar-refractivity contribution is 0.296. The van der Waals surface area contributed by atoms with Crippen molar-refractivity contribution in [3.63, 3.8) is 0 Å². The van der Waals surface area contributed by atoms with Gasteiger partial charge in [-0.15, -0.1) is 0 Å². The maximum Gasteiger partial charge on any atom is 0.213 e. The van der Waals surface area contributed by atoms with E-state index in [1.165, 1.54) is 0 Å². The van der Waals surface area contributed by atoms with Crippen molar-refractivity contribution in [2.75, 3.05) is 6.61 Å². The van der Waals surface area contributed by atoms with Gasteiger partial charge in [-0.05, 0) is 12.5 Å². The lowest BCUT2D eigenvalue weighted by atomic mass is 10.3. The fraction of sp³-hybridized carbons (Fsp3) is 0.615. The highest BCUT2D eigenvalue weighted by Gasteiger charge is 1.99. The maximum absolute atomic E-state index is 5.55. The Labute approximate surface area is 98.2 Å². The summed E-state index contributed by atoms with van der Waals surface area (Å²) in [7, 11) is 0. The molecule has 0 atom stereocenters. The third kappa shape index (κ3) is 5.12. The molecule has 3 heteroatoms. The molecule has 0 fully saturated rings. The van der Waals surface area contributed by atoms with Crippen LogP contribution in [-0.2, 0) is 6.54 Å². The van der Waals surface area contributed by atoms with Crippen molar-refractivity contribution in [3.8, 4) is 5.88 Å². The van der Waals surface area contributed by atoms with Gasteiger partial charge in [0, 0.05) is 18.7 Å². The van der Waals surface area contributed by atoms with Crippen molar-refractivity contribution < 1.29 is 4.74 Å². The smallest absolute Gasteiger partial charge is 0.213 e. The average molecular weight is 222 g/mol. The van der Waals surface area contributed by atoms with E-state index in [1.54, 1.807) is 0 Å². The molecule has 3 nitrogen and oxygen atoms in total. The van der Waals surface area contributed by atoms with Crippen LogP contribution in [0.25, 0.3) is 0 Å². The molecule has 16 heavy (non-hydrogen) atoms. The number of ether oxygens (including phenoxy) is 1. The van der Waals surface area contributed by atoms with Crippen molar-refractivity contribution in [3.05, 3.63) is 23.9 Å². The summed E-state index contributed by atoms with van der Waals surface area (Å²) in [5.74, 6) is 0.733. The third-order valence-electron chi connectivity index (χ3n) is 2.22. The van der Waals surface area contributed by atoms with Crippen molar-refractivity contribution in [2.45, 2.75) is 46.2 Å². The Bertz CT molecular complexity index is 300. The fourth-order valence-electron chi connectivity index (χ4n) is 1.27. The second kappa shape index (κ2) is 7.23. The summed E-state index contributed by atoms with van der Waals surface area (Å²) in [5, 5.41) is 3.34. The first kappa shape index (κ1) is 13.0. The Kier molecular flexibility index (Phi) is 5.86. The van der Waals surface area contributed by atoms with E-state index in [9.17, 15) is 0 Å². The normalized spacial score (nSPS) is 10.8. The van der Waals surface area contributed by atoms with Gasteiger partial charge in [0.15, 0.2) is 0 Å². The lowest BCUT2D eigenvalue weighted by Gasteiger charge is -2.09. The second-order valence-electron chi connectivity index (χ2n) is 4.20. The van der Waals surface area contributed by atoms with E-state index in [2.05, 4.69) is 31.1 Å². The van der Waals surface area contributed by atoms with Crippen LogP contribution in [0.1, 0.15) is 39.3 Å². The van der Waals surface area contributed by atoms with Crippen LogP contribution in [0.3, 0.4) is 0 Å². The van der Waals surface area contributed by atoms with E-state index >= 15 is 0 Å². The van der Waals surface area contributed by atoms with Gasteiger partial charge in [-0.1, -0.05) is 33.3 Å². The second-order valence-corrected chi connectivity index (χ2v) is 4.20. The summed E-state index contributed by atoms with van der Waals surface area (Å²) in [6, 6.07) is 6.40. The van der Waals surface area contributed by atoms with Gasteiger partial charge in [0.05, 0.1) is 12.3 Å². The lowest BCUT2D eigenvalue weighted by Crippen LogP contribution is -2.22. The zero-order chi connectivity index (χ0) is 11.8. The van der Waals surface area contributed by atoms with Gasteiger partial charge in [-0.2, -0.15) is 0 Å². The minimum Gasteiger partial charge on any atom is -0.478 e. The Balaban J connectivity index is 2.43. The van der Waals surface area contributed by atoms with Crippen molar-refractivity contribution in [1.29, 1.82) is 0 Å². The van der Waals surface area contributed by atoms with E-state index in [0.29, 0.717) is 6.04 Å². The highest BCUT2D eigenvalue weighted by molar-refractivity contribution is 5.15. The molecule has 0 amide bonds. The maximum atomic E-state index is 5.55. The summed E-state index contributed by atoms with van der Waals surface area (Å²) < 4.78 is 5.55. The molecule has 0 bridgehead atoms. The van der Waals surface area contributed by atoms with Gasteiger partial charge < -0.3 is 10.1 Å². The molecule has 1 heterocycles. The molecule has 1 N–H and O–H groups in total. The van der Waals surface area contributed by atoms with Crippen molar-refractivity contribution in [2.24, 2.45) is 0 Å². The molecular formula is C13H22N2O. The number of unbranched alkanes of at least 4 members (excludes halogenated alkanes) is 1. The first-order chi connectivity index (χ1) is 7.72. The average Bonchev–Trinajstić information content (AvgIpc) is 2.27. The molecule has 0 saturated carbocycles. The number of nitrogens with one attached hydrogen (secondary N) is 1. The molecule has 0 aromatic carbocycles. The molecule has 0 radical (unpaired) electrons. The quantitative estimate of drug-likeness (QED) is 0.720. The predicted octanol–water partition coefficient (Wildman–Crippen LogP) is 2.76. The Morgan fingerprint density at radius 1 is 1.38 bits per heavy atom. The zero-order valence-electron chi connectivity index (χ0n) is 10.5. The topological polar surface area (TPSA) is 34.1 Å².